The molecule has 0 saturated carbocycles. The number of amides is 7. The van der Waals surface area contributed by atoms with E-state index in [1.165, 1.54) is 12.5 Å². The third-order valence-electron chi connectivity index (χ3n) is 8.36. The summed E-state index contributed by atoms with van der Waals surface area (Å²) >= 11 is 0. The standard InChI is InChI=1S/C32H49N11O13/c1-15(32(55)56)38-28(51)19(9-16-13-35-14-37-16)40-30(53)21(11-24(45)46)43-31(54)22(12-25(47)48)42-29(52)20(10-23(34)44)41-27(50)18(5-2-3-7-33)39-26(49)17-6-4-8-36-17/h13-15,17-22,36H,2-12,33H2,1H3,(H2,34,44)(H,35,37)(H,38,51)(H,39,49)(H,40,53)(H,41,50)(H,42,52)(H,43,54)(H,45,46)(H,47,48)(H,55,56)/t15-,17-,18-,19-,20-,21-,22-/m0/s1. The van der Waals surface area contributed by atoms with Gasteiger partial charge in [0.1, 0.15) is 36.3 Å². The SMILES string of the molecule is C[C@H](NC(=O)[C@H](Cc1cnc[nH]1)NC(=O)[C@H](CC(=O)O)NC(=O)[C@H](CC(=O)O)NC(=O)[C@H](CC(N)=O)NC(=O)[C@H](CCCCN)NC(=O)[C@@H]1CCCN1)C(=O)O. The average Bonchev–Trinajstić information content (AvgIpc) is 3.85. The smallest absolute Gasteiger partial charge is 0.325 e. The Bertz CT molecular complexity index is 1580. The largest absolute Gasteiger partial charge is 0.481 e. The quantitative estimate of drug-likeness (QED) is 0.0411. The van der Waals surface area contributed by atoms with Crippen LogP contribution in [0.1, 0.15) is 64.0 Å². The van der Waals surface area contributed by atoms with Gasteiger partial charge in [-0.25, -0.2) is 4.98 Å². The van der Waals surface area contributed by atoms with Gasteiger partial charge in [-0.15, -0.1) is 0 Å². The number of imidazole rings is 1. The van der Waals surface area contributed by atoms with Gasteiger partial charge in [0.15, 0.2) is 0 Å². The fourth-order valence-electron chi connectivity index (χ4n) is 5.41. The zero-order valence-electron chi connectivity index (χ0n) is 30.5. The van der Waals surface area contributed by atoms with E-state index in [9.17, 15) is 63.3 Å². The minimum Gasteiger partial charge on any atom is -0.481 e. The van der Waals surface area contributed by atoms with Crippen LogP contribution < -0.4 is 48.7 Å². The highest BCUT2D eigenvalue weighted by Gasteiger charge is 2.35. The Kier molecular flexibility index (Phi) is 18.8. The molecule has 0 unspecified atom stereocenters. The second-order valence-corrected chi connectivity index (χ2v) is 13.0. The summed E-state index contributed by atoms with van der Waals surface area (Å²) in [6.07, 6.45) is 1.39. The Morgan fingerprint density at radius 3 is 1.71 bits per heavy atom. The predicted octanol–water partition coefficient (Wildman–Crippen LogP) is -5.33. The highest BCUT2D eigenvalue weighted by Crippen LogP contribution is 2.09. The van der Waals surface area contributed by atoms with Crippen molar-refractivity contribution in [3.8, 4) is 0 Å². The molecule has 7 amide bonds. The van der Waals surface area contributed by atoms with E-state index in [2.05, 4.69) is 41.9 Å². The highest BCUT2D eigenvalue weighted by atomic mass is 16.4. The van der Waals surface area contributed by atoms with Gasteiger partial charge in [0.05, 0.1) is 31.6 Å². The van der Waals surface area contributed by atoms with Crippen LogP contribution in [0.15, 0.2) is 12.5 Å². The zero-order valence-corrected chi connectivity index (χ0v) is 30.5. The lowest BCUT2D eigenvalue weighted by atomic mass is 10.1. The lowest BCUT2D eigenvalue weighted by Crippen LogP contribution is -2.60. The van der Waals surface area contributed by atoms with Crippen LogP contribution in [-0.4, -0.2) is 140 Å². The Balaban J connectivity index is 2.29. The minimum atomic E-state index is -2.04. The number of carboxylic acids is 3. The van der Waals surface area contributed by atoms with E-state index in [0.717, 1.165) is 13.3 Å². The highest BCUT2D eigenvalue weighted by molar-refractivity contribution is 5.99. The van der Waals surface area contributed by atoms with Gasteiger partial charge in [-0.05, 0) is 52.1 Å². The van der Waals surface area contributed by atoms with Crippen molar-refractivity contribution in [1.82, 2.24) is 47.2 Å². The molecule has 0 aliphatic carbocycles. The van der Waals surface area contributed by atoms with Crippen LogP contribution in [0.2, 0.25) is 0 Å². The summed E-state index contributed by atoms with van der Waals surface area (Å²) in [4.78, 5) is 133. The average molecular weight is 796 g/mol. The molecule has 2 rings (SSSR count). The van der Waals surface area contributed by atoms with Gasteiger partial charge in [0.2, 0.25) is 41.4 Å². The number of aromatic nitrogens is 2. The Hall–Kier alpha value is -6.17. The molecule has 0 radical (unpaired) electrons. The number of hydrogen-bond acceptors (Lipinski definition) is 13. The summed E-state index contributed by atoms with van der Waals surface area (Å²) in [5.41, 5.74) is 11.2. The van der Waals surface area contributed by atoms with Crippen molar-refractivity contribution < 1.29 is 63.3 Å². The number of hydrogen-bond donors (Lipinski definition) is 13. The molecular formula is C32H49N11O13. The number of carbonyl (C=O) groups excluding carboxylic acids is 7. The first-order valence-electron chi connectivity index (χ1n) is 17.6. The summed E-state index contributed by atoms with van der Waals surface area (Å²) in [6, 6.07) is -10.5. The van der Waals surface area contributed by atoms with Gasteiger partial charge in [0.25, 0.3) is 0 Å². The van der Waals surface area contributed by atoms with Crippen LogP contribution >= 0.6 is 0 Å². The topological polar surface area (TPSA) is 396 Å². The number of nitrogens with one attached hydrogen (secondary N) is 8. The second kappa shape index (κ2) is 22.9. The molecule has 1 aromatic heterocycles. The molecule has 0 aromatic carbocycles. The minimum absolute atomic E-state index is 0.0898. The maximum atomic E-state index is 13.4. The first-order chi connectivity index (χ1) is 26.4. The van der Waals surface area contributed by atoms with Gasteiger partial charge in [-0.1, -0.05) is 0 Å². The van der Waals surface area contributed by atoms with Gasteiger partial charge >= 0.3 is 17.9 Å². The summed E-state index contributed by atoms with van der Waals surface area (Å²) in [5.74, 6) is -12.1. The van der Waals surface area contributed by atoms with Crippen molar-refractivity contribution in [3.63, 3.8) is 0 Å². The van der Waals surface area contributed by atoms with E-state index < -0.39 is 121 Å². The summed E-state index contributed by atoms with van der Waals surface area (Å²) < 4.78 is 0. The summed E-state index contributed by atoms with van der Waals surface area (Å²) in [5, 5.41) is 44.7. The number of primary amides is 1. The third-order valence-corrected chi connectivity index (χ3v) is 8.36. The first-order valence-corrected chi connectivity index (χ1v) is 17.6. The molecule has 1 fully saturated rings. The fourth-order valence-corrected chi connectivity index (χ4v) is 5.41. The Labute approximate surface area is 319 Å². The van der Waals surface area contributed by atoms with E-state index in [1.54, 1.807) is 0 Å². The number of H-pyrrole nitrogens is 1. The van der Waals surface area contributed by atoms with E-state index in [1.807, 2.05) is 5.32 Å². The zero-order chi connectivity index (χ0) is 41.9. The number of aliphatic carboxylic acids is 3. The number of aromatic amines is 1. The van der Waals surface area contributed by atoms with Crippen molar-refractivity contribution in [2.45, 2.75) is 107 Å². The van der Waals surface area contributed by atoms with Crippen molar-refractivity contribution in [2.24, 2.45) is 11.5 Å². The Morgan fingerprint density at radius 2 is 1.27 bits per heavy atom. The van der Waals surface area contributed by atoms with Gasteiger partial charge in [-0.2, -0.15) is 0 Å². The molecule has 1 aliphatic rings. The lowest BCUT2D eigenvalue weighted by molar-refractivity contribution is -0.144. The monoisotopic (exact) mass is 795 g/mol. The molecule has 1 aromatic rings. The molecule has 2 heterocycles. The normalized spacial score (nSPS) is 16.7. The molecule has 1 saturated heterocycles. The van der Waals surface area contributed by atoms with Crippen molar-refractivity contribution in [2.75, 3.05) is 13.1 Å². The van der Waals surface area contributed by atoms with E-state index in [4.69, 9.17) is 11.5 Å². The van der Waals surface area contributed by atoms with Gasteiger partial charge in [0, 0.05) is 18.3 Å². The van der Waals surface area contributed by atoms with Gasteiger partial charge in [-0.3, -0.25) is 47.9 Å². The van der Waals surface area contributed by atoms with Crippen LogP contribution in [0.25, 0.3) is 0 Å². The molecule has 24 nitrogen and oxygen atoms in total. The van der Waals surface area contributed by atoms with Crippen LogP contribution in [0, 0.1) is 0 Å². The second-order valence-electron chi connectivity index (χ2n) is 13.0. The fraction of sp³-hybridized carbons (Fsp3) is 0.594. The summed E-state index contributed by atoms with van der Waals surface area (Å²) in [7, 11) is 0. The van der Waals surface area contributed by atoms with E-state index in [-0.39, 0.29) is 19.4 Å². The molecule has 15 N–H and O–H groups in total. The molecule has 7 atom stereocenters. The maximum Gasteiger partial charge on any atom is 0.325 e. The molecule has 56 heavy (non-hydrogen) atoms. The van der Waals surface area contributed by atoms with E-state index in [0.29, 0.717) is 31.5 Å². The number of unbranched alkanes of at least 4 members (excludes halogenated alkanes) is 1. The molecule has 1 aliphatic heterocycles. The van der Waals surface area contributed by atoms with Crippen LogP contribution in [0.3, 0.4) is 0 Å². The molecular weight excluding hydrogens is 746 g/mol. The van der Waals surface area contributed by atoms with Gasteiger partial charge < -0.3 is 69.0 Å². The number of rotatable bonds is 25. The lowest BCUT2D eigenvalue weighted by Gasteiger charge is -2.26. The number of carbonyl (C=O) groups is 10. The number of carboxylic acid groups (broad SMARTS) is 3. The molecule has 0 spiro atoms. The van der Waals surface area contributed by atoms with Crippen molar-refractivity contribution >= 4 is 59.3 Å². The molecule has 24 heteroatoms. The molecule has 310 valence electrons. The van der Waals surface area contributed by atoms with Crippen LogP contribution in [0.5, 0.6) is 0 Å². The first kappa shape index (κ1) is 46.0. The third kappa shape index (κ3) is 16.1. The predicted molar refractivity (Wildman–Crippen MR) is 189 cm³/mol. The molecule has 0 bridgehead atoms. The van der Waals surface area contributed by atoms with Crippen LogP contribution in [-0.2, 0) is 54.4 Å². The van der Waals surface area contributed by atoms with E-state index >= 15 is 0 Å². The van der Waals surface area contributed by atoms with Crippen molar-refractivity contribution in [1.29, 1.82) is 0 Å². The van der Waals surface area contributed by atoms with Crippen LogP contribution in [0.4, 0.5) is 0 Å². The number of nitrogens with two attached hydrogens (primary N) is 2. The van der Waals surface area contributed by atoms with Crippen molar-refractivity contribution in [3.05, 3.63) is 18.2 Å². The maximum absolute atomic E-state index is 13.4. The Morgan fingerprint density at radius 1 is 0.750 bits per heavy atom. The summed E-state index contributed by atoms with van der Waals surface area (Å²) in [6.45, 7) is 2.02. The number of nitrogens with zero attached hydrogens (tertiary/aromatic N) is 1.